The van der Waals surface area contributed by atoms with Crippen LogP contribution in [0.15, 0.2) is 48.5 Å². The molecular weight excluding hydrogens is 376 g/mol. The lowest BCUT2D eigenvalue weighted by Gasteiger charge is -2.29. The molecule has 0 bridgehead atoms. The Kier molecular flexibility index (Phi) is 3.45. The number of non-ortho nitro benzene ring substituents is 1. The molecule has 2 N–H and O–H groups in total. The maximum atomic E-state index is 13.5. The minimum atomic E-state index is -1.34. The van der Waals surface area contributed by atoms with Crippen LogP contribution in [-0.4, -0.2) is 28.7 Å². The van der Waals surface area contributed by atoms with Crippen LogP contribution < -0.4 is 15.5 Å². The van der Waals surface area contributed by atoms with Crippen molar-refractivity contribution in [1.82, 2.24) is 5.32 Å². The van der Waals surface area contributed by atoms with Crippen LogP contribution >= 0.6 is 0 Å². The summed E-state index contributed by atoms with van der Waals surface area (Å²) in [6.45, 7) is 1.77. The van der Waals surface area contributed by atoms with E-state index in [0.717, 1.165) is 4.90 Å². The summed E-state index contributed by atoms with van der Waals surface area (Å²) >= 11 is 0. The molecule has 5 rings (SSSR count). The molecule has 0 aliphatic carbocycles. The summed E-state index contributed by atoms with van der Waals surface area (Å²) in [6.07, 6.45) is 0. The molecule has 9 nitrogen and oxygen atoms in total. The van der Waals surface area contributed by atoms with E-state index >= 15 is 0 Å². The Balaban J connectivity index is 1.64. The molecule has 2 aromatic rings. The fourth-order valence-corrected chi connectivity index (χ4v) is 4.92. The van der Waals surface area contributed by atoms with Crippen LogP contribution in [0.5, 0.6) is 0 Å². The van der Waals surface area contributed by atoms with Crippen LogP contribution in [0.1, 0.15) is 12.5 Å². The number of nitro groups is 1. The number of amides is 3. The molecule has 1 spiro atoms. The number of hydrogen-bond donors (Lipinski definition) is 2. The normalized spacial score (nSPS) is 29.9. The van der Waals surface area contributed by atoms with Crippen LogP contribution in [0, 0.1) is 22.0 Å². The second-order valence-electron chi connectivity index (χ2n) is 7.53. The van der Waals surface area contributed by atoms with E-state index in [0.29, 0.717) is 11.3 Å². The van der Waals surface area contributed by atoms with Crippen molar-refractivity contribution in [2.45, 2.75) is 18.5 Å². The number of nitrogens with zero attached hydrogens (tertiary/aromatic N) is 2. The van der Waals surface area contributed by atoms with Crippen molar-refractivity contribution in [1.29, 1.82) is 0 Å². The van der Waals surface area contributed by atoms with Crippen molar-refractivity contribution in [2.24, 2.45) is 11.8 Å². The lowest BCUT2D eigenvalue weighted by atomic mass is 9.76. The predicted molar refractivity (Wildman–Crippen MR) is 102 cm³/mol. The molecule has 2 saturated heterocycles. The molecule has 146 valence electrons. The Morgan fingerprint density at radius 1 is 1.07 bits per heavy atom. The Hall–Kier alpha value is -3.59. The average molecular weight is 392 g/mol. The number of anilines is 2. The standard InChI is InChI=1S/C20H16N4O5/c1-10-15-16(20(22-10)13-7-2-3-8-14(13)21-19(20)27)18(26)23(17(15)25)11-5-4-6-12(9-11)24(28)29/h2-10,15-16,22H,1H3,(H,21,27)/t10-,15-,16+,20+/m1/s1. The molecule has 0 radical (unpaired) electrons. The molecule has 0 saturated carbocycles. The van der Waals surface area contributed by atoms with E-state index < -0.39 is 40.2 Å². The van der Waals surface area contributed by atoms with Gasteiger partial charge in [0.1, 0.15) is 5.54 Å². The SMILES string of the molecule is C[C@H]1N[C@]2(C(=O)Nc3ccccc32)[C@@H]2C(=O)N(c3cccc([N+](=O)[O-])c3)C(=O)[C@@H]21. The lowest BCUT2D eigenvalue weighted by molar-refractivity contribution is -0.384. The summed E-state index contributed by atoms with van der Waals surface area (Å²) in [5.41, 5.74) is -0.191. The highest BCUT2D eigenvalue weighted by Gasteiger charge is 2.69. The van der Waals surface area contributed by atoms with Crippen LogP contribution in [0.25, 0.3) is 0 Å². The van der Waals surface area contributed by atoms with E-state index in [1.165, 1.54) is 24.3 Å². The second kappa shape index (κ2) is 5.71. The molecule has 2 fully saturated rings. The molecule has 3 amide bonds. The van der Waals surface area contributed by atoms with Gasteiger partial charge in [0, 0.05) is 29.4 Å². The van der Waals surface area contributed by atoms with Gasteiger partial charge in [-0.3, -0.25) is 29.8 Å². The number of hydrogen-bond acceptors (Lipinski definition) is 6. The summed E-state index contributed by atoms with van der Waals surface area (Å²) in [4.78, 5) is 51.2. The predicted octanol–water partition coefficient (Wildman–Crippen LogP) is 1.54. The van der Waals surface area contributed by atoms with E-state index in [1.54, 1.807) is 31.2 Å². The van der Waals surface area contributed by atoms with E-state index in [-0.39, 0.29) is 17.3 Å². The van der Waals surface area contributed by atoms with Crippen LogP contribution in [0.4, 0.5) is 17.1 Å². The summed E-state index contributed by atoms with van der Waals surface area (Å²) < 4.78 is 0. The Bertz CT molecular complexity index is 1120. The third-order valence-corrected chi connectivity index (χ3v) is 6.07. The maximum Gasteiger partial charge on any atom is 0.271 e. The van der Waals surface area contributed by atoms with Crippen LogP contribution in [0.3, 0.4) is 0 Å². The van der Waals surface area contributed by atoms with E-state index in [1.807, 2.05) is 0 Å². The monoisotopic (exact) mass is 392 g/mol. The average Bonchev–Trinajstić information content (AvgIpc) is 3.26. The highest BCUT2D eigenvalue weighted by molar-refractivity contribution is 6.25. The zero-order chi connectivity index (χ0) is 20.5. The molecule has 9 heteroatoms. The highest BCUT2D eigenvalue weighted by Crippen LogP contribution is 2.53. The smallest absolute Gasteiger partial charge is 0.271 e. The Morgan fingerprint density at radius 3 is 2.59 bits per heavy atom. The van der Waals surface area contributed by atoms with Crippen molar-refractivity contribution < 1.29 is 19.3 Å². The minimum Gasteiger partial charge on any atom is -0.324 e. The number of carbonyl (C=O) groups excluding carboxylic acids is 3. The van der Waals surface area contributed by atoms with Gasteiger partial charge in [-0.1, -0.05) is 24.3 Å². The van der Waals surface area contributed by atoms with Crippen molar-refractivity contribution in [3.63, 3.8) is 0 Å². The number of carbonyl (C=O) groups is 3. The number of para-hydroxylation sites is 1. The van der Waals surface area contributed by atoms with Crippen molar-refractivity contribution in [3.05, 3.63) is 64.2 Å². The molecule has 0 aromatic heterocycles. The topological polar surface area (TPSA) is 122 Å². The second-order valence-corrected chi connectivity index (χ2v) is 7.53. The number of imide groups is 1. The van der Waals surface area contributed by atoms with Gasteiger partial charge in [-0.25, -0.2) is 4.90 Å². The van der Waals surface area contributed by atoms with E-state index in [2.05, 4.69) is 10.6 Å². The van der Waals surface area contributed by atoms with Gasteiger partial charge < -0.3 is 5.32 Å². The third kappa shape index (κ3) is 2.10. The molecule has 4 atom stereocenters. The third-order valence-electron chi connectivity index (χ3n) is 6.07. The van der Waals surface area contributed by atoms with Gasteiger partial charge in [0.25, 0.3) is 5.69 Å². The van der Waals surface area contributed by atoms with Gasteiger partial charge in [-0.05, 0) is 19.1 Å². The van der Waals surface area contributed by atoms with E-state index in [9.17, 15) is 24.5 Å². The van der Waals surface area contributed by atoms with Crippen molar-refractivity contribution >= 4 is 34.8 Å². The molecular formula is C20H16N4O5. The molecule has 0 unspecified atom stereocenters. The molecule has 3 heterocycles. The highest BCUT2D eigenvalue weighted by atomic mass is 16.6. The van der Waals surface area contributed by atoms with Gasteiger partial charge in [-0.15, -0.1) is 0 Å². The van der Waals surface area contributed by atoms with E-state index in [4.69, 9.17) is 0 Å². The number of fused-ring (bicyclic) bond motifs is 4. The lowest BCUT2D eigenvalue weighted by Crippen LogP contribution is -2.53. The maximum absolute atomic E-state index is 13.5. The molecule has 29 heavy (non-hydrogen) atoms. The van der Waals surface area contributed by atoms with Gasteiger partial charge in [0.05, 0.1) is 22.4 Å². The zero-order valence-electron chi connectivity index (χ0n) is 15.3. The first-order valence-corrected chi connectivity index (χ1v) is 9.17. The van der Waals surface area contributed by atoms with Crippen LogP contribution in [-0.2, 0) is 19.9 Å². The number of rotatable bonds is 2. The first kappa shape index (κ1) is 17.5. The minimum absolute atomic E-state index is 0.137. The van der Waals surface area contributed by atoms with Gasteiger partial charge in [0.15, 0.2) is 0 Å². The van der Waals surface area contributed by atoms with Crippen molar-refractivity contribution in [2.75, 3.05) is 10.2 Å². The Morgan fingerprint density at radius 2 is 1.83 bits per heavy atom. The van der Waals surface area contributed by atoms with Crippen molar-refractivity contribution in [3.8, 4) is 0 Å². The number of nitro benzene ring substituents is 1. The summed E-state index contributed by atoms with van der Waals surface area (Å²) in [7, 11) is 0. The summed E-state index contributed by atoms with van der Waals surface area (Å²) in [6, 6.07) is 12.0. The van der Waals surface area contributed by atoms with Gasteiger partial charge in [-0.2, -0.15) is 0 Å². The fraction of sp³-hybridized carbons (Fsp3) is 0.250. The quantitative estimate of drug-likeness (QED) is 0.454. The largest absolute Gasteiger partial charge is 0.324 e. The number of benzene rings is 2. The van der Waals surface area contributed by atoms with Gasteiger partial charge in [0.2, 0.25) is 17.7 Å². The first-order valence-electron chi connectivity index (χ1n) is 9.17. The molecule has 2 aromatic carbocycles. The first-order chi connectivity index (χ1) is 13.9. The number of nitrogens with one attached hydrogen (secondary N) is 2. The Labute approximate surface area is 164 Å². The molecule has 3 aliphatic heterocycles. The van der Waals surface area contributed by atoms with Crippen LogP contribution in [0.2, 0.25) is 0 Å². The fourth-order valence-electron chi connectivity index (χ4n) is 4.92. The van der Waals surface area contributed by atoms with Gasteiger partial charge >= 0.3 is 0 Å². The zero-order valence-corrected chi connectivity index (χ0v) is 15.3. The summed E-state index contributed by atoms with van der Waals surface area (Å²) in [5.74, 6) is -3.06. The summed E-state index contributed by atoms with van der Waals surface area (Å²) in [5, 5.41) is 17.1. The molecule has 3 aliphatic rings.